The van der Waals surface area contributed by atoms with Crippen molar-refractivity contribution in [3.05, 3.63) is 23.8 Å². The normalized spacial score (nSPS) is 10.0. The Morgan fingerprint density at radius 1 is 1.33 bits per heavy atom. The van der Waals surface area contributed by atoms with Crippen molar-refractivity contribution >= 4 is 18.6 Å². The van der Waals surface area contributed by atoms with Crippen LogP contribution in [0.15, 0.2) is 18.2 Å². The fourth-order valence-corrected chi connectivity index (χ4v) is 1.22. The van der Waals surface area contributed by atoms with Crippen LogP contribution >= 0.6 is 0 Å². The minimum atomic E-state index is -1.75. The van der Waals surface area contributed by atoms with Crippen molar-refractivity contribution in [2.75, 3.05) is 0 Å². The Morgan fingerprint density at radius 3 is 2.53 bits per heavy atom. The van der Waals surface area contributed by atoms with E-state index in [0.29, 0.717) is 5.56 Å². The van der Waals surface area contributed by atoms with Gasteiger partial charge in [-0.05, 0) is 18.1 Å². The monoisotopic (exact) mass is 210 g/mol. The van der Waals surface area contributed by atoms with Gasteiger partial charge in [-0.15, -0.1) is 0 Å². The third-order valence-corrected chi connectivity index (χ3v) is 2.00. The van der Waals surface area contributed by atoms with E-state index in [0.717, 1.165) is 0 Å². The quantitative estimate of drug-likeness (QED) is 0.482. The third kappa shape index (κ3) is 3.27. The first-order valence-electron chi connectivity index (χ1n) is 4.40. The number of hydrogen-bond acceptors (Lipinski definition) is 4. The molecule has 5 nitrogen and oxygen atoms in total. The molecule has 0 radical (unpaired) electrons. The van der Waals surface area contributed by atoms with E-state index < -0.39 is 13.1 Å². The molecule has 0 fully saturated rings. The van der Waals surface area contributed by atoms with Crippen molar-refractivity contribution in [1.82, 2.24) is 0 Å². The smallest absolute Gasteiger partial charge is 0.492 e. The highest BCUT2D eigenvalue weighted by Gasteiger charge is 2.16. The predicted molar refractivity (Wildman–Crippen MR) is 53.9 cm³/mol. The van der Waals surface area contributed by atoms with Gasteiger partial charge in [-0.3, -0.25) is 4.79 Å². The highest BCUT2D eigenvalue weighted by molar-refractivity contribution is 6.59. The van der Waals surface area contributed by atoms with Gasteiger partial charge in [0.1, 0.15) is 5.75 Å². The number of aryl methyl sites for hydroxylation is 1. The van der Waals surface area contributed by atoms with Crippen LogP contribution in [-0.4, -0.2) is 33.3 Å². The number of hydrogen-bond donors (Lipinski definition) is 4. The summed E-state index contributed by atoms with van der Waals surface area (Å²) in [7, 11) is -1.75. The Morgan fingerprint density at radius 2 is 2.00 bits per heavy atom. The molecule has 0 aliphatic carbocycles. The van der Waals surface area contributed by atoms with Crippen molar-refractivity contribution in [3.8, 4) is 5.75 Å². The van der Waals surface area contributed by atoms with Crippen molar-refractivity contribution in [2.24, 2.45) is 0 Å². The van der Waals surface area contributed by atoms with Gasteiger partial charge in [0.2, 0.25) is 0 Å². The maximum atomic E-state index is 10.3. The van der Waals surface area contributed by atoms with E-state index in [1.54, 1.807) is 6.07 Å². The number of phenols is 1. The first-order chi connectivity index (χ1) is 7.00. The molecule has 0 saturated heterocycles. The zero-order valence-electron chi connectivity index (χ0n) is 7.92. The van der Waals surface area contributed by atoms with Crippen molar-refractivity contribution < 1.29 is 25.1 Å². The predicted octanol–water partition coefficient (Wildman–Crippen LogP) is -0.911. The number of carboxylic acid groups (broad SMARTS) is 1. The van der Waals surface area contributed by atoms with Gasteiger partial charge < -0.3 is 20.3 Å². The van der Waals surface area contributed by atoms with Crippen LogP contribution in [0.5, 0.6) is 5.75 Å². The van der Waals surface area contributed by atoms with Crippen LogP contribution in [0.25, 0.3) is 0 Å². The molecular weight excluding hydrogens is 199 g/mol. The molecule has 0 unspecified atom stereocenters. The lowest BCUT2D eigenvalue weighted by atomic mass is 9.78. The van der Waals surface area contributed by atoms with Crippen molar-refractivity contribution in [1.29, 1.82) is 0 Å². The van der Waals surface area contributed by atoms with Crippen molar-refractivity contribution in [3.63, 3.8) is 0 Å². The molecule has 0 heterocycles. The number of phenolic OH excluding ortho intramolecular Hbond substituents is 1. The second-order valence-corrected chi connectivity index (χ2v) is 3.16. The van der Waals surface area contributed by atoms with Gasteiger partial charge in [0.15, 0.2) is 0 Å². The molecule has 0 amide bonds. The van der Waals surface area contributed by atoms with Crippen LogP contribution in [0.3, 0.4) is 0 Å². The number of carboxylic acids is 1. The van der Waals surface area contributed by atoms with Crippen LogP contribution in [-0.2, 0) is 11.2 Å². The Balaban J connectivity index is 2.83. The van der Waals surface area contributed by atoms with Gasteiger partial charge in [0.25, 0.3) is 0 Å². The van der Waals surface area contributed by atoms with Gasteiger partial charge >= 0.3 is 13.1 Å². The van der Waals surface area contributed by atoms with Gasteiger partial charge in [-0.1, -0.05) is 12.1 Å². The summed E-state index contributed by atoms with van der Waals surface area (Å²) in [5, 5.41) is 35.5. The van der Waals surface area contributed by atoms with Crippen LogP contribution in [0.4, 0.5) is 0 Å². The van der Waals surface area contributed by atoms with Crippen LogP contribution in [0.1, 0.15) is 12.0 Å². The van der Waals surface area contributed by atoms with E-state index in [1.165, 1.54) is 12.1 Å². The van der Waals surface area contributed by atoms with Crippen LogP contribution < -0.4 is 5.46 Å². The average molecular weight is 210 g/mol. The Kier molecular flexibility index (Phi) is 3.71. The second kappa shape index (κ2) is 4.81. The molecule has 0 bridgehead atoms. The maximum absolute atomic E-state index is 10.3. The first kappa shape index (κ1) is 11.5. The largest absolute Gasteiger partial charge is 0.508 e. The molecular formula is C9H11BO5. The van der Waals surface area contributed by atoms with E-state index in [-0.39, 0.29) is 24.1 Å². The molecule has 0 saturated carbocycles. The summed E-state index contributed by atoms with van der Waals surface area (Å²) in [5.74, 6) is -1.14. The summed E-state index contributed by atoms with van der Waals surface area (Å²) in [6.07, 6.45) is 0.251. The molecule has 4 N–H and O–H groups in total. The highest BCUT2D eigenvalue weighted by Crippen LogP contribution is 2.09. The lowest BCUT2D eigenvalue weighted by Crippen LogP contribution is -2.30. The minimum Gasteiger partial charge on any atom is -0.508 e. The first-order valence-corrected chi connectivity index (χ1v) is 4.40. The number of benzene rings is 1. The molecule has 0 spiro atoms. The topological polar surface area (TPSA) is 98.0 Å². The van der Waals surface area contributed by atoms with Gasteiger partial charge in [0, 0.05) is 11.9 Å². The number of carbonyl (C=O) groups is 1. The third-order valence-electron chi connectivity index (χ3n) is 2.00. The Hall–Kier alpha value is -1.53. The number of rotatable bonds is 4. The van der Waals surface area contributed by atoms with Crippen molar-refractivity contribution in [2.45, 2.75) is 12.8 Å². The van der Waals surface area contributed by atoms with Crippen LogP contribution in [0, 0.1) is 0 Å². The molecule has 1 rings (SSSR count). The molecule has 6 heteroatoms. The lowest BCUT2D eigenvalue weighted by Gasteiger charge is -2.05. The maximum Gasteiger partial charge on any atom is 0.492 e. The molecule has 1 aromatic carbocycles. The number of aliphatic carboxylic acids is 1. The zero-order chi connectivity index (χ0) is 11.4. The average Bonchev–Trinajstić information content (AvgIpc) is 2.16. The van der Waals surface area contributed by atoms with Gasteiger partial charge in [-0.25, -0.2) is 0 Å². The van der Waals surface area contributed by atoms with E-state index in [9.17, 15) is 9.90 Å². The second-order valence-electron chi connectivity index (χ2n) is 3.16. The summed E-state index contributed by atoms with van der Waals surface area (Å²) >= 11 is 0. The minimum absolute atomic E-state index is 0.0158. The summed E-state index contributed by atoms with van der Waals surface area (Å²) in [4.78, 5) is 10.3. The summed E-state index contributed by atoms with van der Waals surface area (Å²) < 4.78 is 0. The fourth-order valence-electron chi connectivity index (χ4n) is 1.22. The summed E-state index contributed by atoms with van der Waals surface area (Å²) in [6.45, 7) is 0. The van der Waals surface area contributed by atoms with E-state index in [1.807, 2.05) is 0 Å². The molecule has 1 aromatic rings. The fraction of sp³-hybridized carbons (Fsp3) is 0.222. The molecule has 0 aromatic heterocycles. The Bertz CT molecular complexity index is 364. The van der Waals surface area contributed by atoms with Gasteiger partial charge in [-0.2, -0.15) is 0 Å². The molecule has 80 valence electrons. The Labute approximate surface area is 86.8 Å². The van der Waals surface area contributed by atoms with E-state index in [2.05, 4.69) is 0 Å². The molecule has 0 atom stereocenters. The summed E-state index contributed by atoms with van der Waals surface area (Å²) in [6, 6.07) is 4.24. The van der Waals surface area contributed by atoms with E-state index in [4.69, 9.17) is 15.2 Å². The van der Waals surface area contributed by atoms with Gasteiger partial charge in [0.05, 0.1) is 0 Å². The molecule has 15 heavy (non-hydrogen) atoms. The molecule has 0 aliphatic heterocycles. The molecule has 0 aliphatic rings. The highest BCUT2D eigenvalue weighted by atomic mass is 16.4. The zero-order valence-corrected chi connectivity index (χ0v) is 7.92. The summed E-state index contributed by atoms with van der Waals surface area (Å²) in [5.41, 5.74) is 0.621. The number of aromatic hydroxyl groups is 1. The van der Waals surface area contributed by atoms with Crippen LogP contribution in [0.2, 0.25) is 0 Å². The lowest BCUT2D eigenvalue weighted by molar-refractivity contribution is -0.136. The standard InChI is InChI=1S/C9H11BO5/c11-8-3-1-6(2-4-9(12)13)5-7(8)10(14)15/h1,3,5,11,14-15H,2,4H2,(H,12,13). The SMILES string of the molecule is O=C(O)CCc1ccc(O)c(B(O)O)c1. The van der Waals surface area contributed by atoms with E-state index >= 15 is 0 Å².